The number of fused-ring (bicyclic) bond motifs is 1. The molecule has 0 fully saturated rings. The number of rotatable bonds is 1. The minimum absolute atomic E-state index is 0.300. The molecule has 6 nitrogen and oxygen atoms in total. The van der Waals surface area contributed by atoms with E-state index in [1.165, 1.54) is 0 Å². The summed E-state index contributed by atoms with van der Waals surface area (Å²) in [4.78, 5) is 3.29. The van der Waals surface area contributed by atoms with Gasteiger partial charge in [0.1, 0.15) is 5.75 Å². The molecular formula is C14H13NO5S. The minimum Gasteiger partial charge on any atom is -0.507 e. The molecule has 0 aliphatic carbocycles. The Hall–Kier alpha value is -2.35. The van der Waals surface area contributed by atoms with Crippen molar-refractivity contribution in [3.05, 3.63) is 54.6 Å². The normalized spacial score (nSPS) is 11.0. The van der Waals surface area contributed by atoms with Crippen molar-refractivity contribution >= 4 is 21.3 Å². The maximum Gasteiger partial charge on any atom is 0.394 e. The Morgan fingerprint density at radius 3 is 2.10 bits per heavy atom. The second-order valence-corrected chi connectivity index (χ2v) is 5.13. The lowest BCUT2D eigenvalue weighted by Crippen LogP contribution is -1.89. The summed E-state index contributed by atoms with van der Waals surface area (Å²) >= 11 is 0. The van der Waals surface area contributed by atoms with Crippen LogP contribution in [0, 0.1) is 0 Å². The fourth-order valence-electron chi connectivity index (χ4n) is 1.92. The number of para-hydroxylation sites is 2. The molecular weight excluding hydrogens is 294 g/mol. The molecule has 4 N–H and O–H groups in total. The van der Waals surface area contributed by atoms with Crippen molar-refractivity contribution in [1.29, 1.82) is 0 Å². The maximum atomic E-state index is 9.77. The van der Waals surface area contributed by atoms with Crippen LogP contribution in [0.4, 0.5) is 0 Å². The zero-order valence-corrected chi connectivity index (χ0v) is 11.6. The number of H-pyrrole nitrogens is 1. The van der Waals surface area contributed by atoms with Gasteiger partial charge in [0.25, 0.3) is 0 Å². The Balaban J connectivity index is 0.000000282. The topological polar surface area (TPSA) is 111 Å². The van der Waals surface area contributed by atoms with Crippen LogP contribution in [-0.4, -0.2) is 27.6 Å². The summed E-state index contributed by atoms with van der Waals surface area (Å²) in [6.45, 7) is 0. The van der Waals surface area contributed by atoms with E-state index in [4.69, 9.17) is 17.5 Å². The van der Waals surface area contributed by atoms with E-state index >= 15 is 0 Å². The zero-order chi connectivity index (χ0) is 15.5. The lowest BCUT2D eigenvalue weighted by molar-refractivity contribution is 0.381. The molecule has 0 unspecified atom stereocenters. The van der Waals surface area contributed by atoms with Gasteiger partial charge in [0.05, 0.1) is 5.69 Å². The molecule has 110 valence electrons. The van der Waals surface area contributed by atoms with Crippen LogP contribution in [0.15, 0.2) is 54.6 Å². The minimum atomic E-state index is -4.67. The Morgan fingerprint density at radius 2 is 1.48 bits per heavy atom. The summed E-state index contributed by atoms with van der Waals surface area (Å²) in [6, 6.07) is 17.5. The van der Waals surface area contributed by atoms with Gasteiger partial charge in [0, 0.05) is 16.5 Å². The predicted molar refractivity (Wildman–Crippen MR) is 79.6 cm³/mol. The first-order valence-corrected chi connectivity index (χ1v) is 7.30. The molecule has 3 rings (SSSR count). The van der Waals surface area contributed by atoms with Crippen LogP contribution >= 0.6 is 0 Å². The van der Waals surface area contributed by atoms with Crippen LogP contribution < -0.4 is 0 Å². The van der Waals surface area contributed by atoms with E-state index in [-0.39, 0.29) is 0 Å². The fourth-order valence-corrected chi connectivity index (χ4v) is 1.92. The lowest BCUT2D eigenvalue weighted by atomic mass is 10.1. The first-order valence-electron chi connectivity index (χ1n) is 5.90. The zero-order valence-electron chi connectivity index (χ0n) is 10.8. The highest BCUT2D eigenvalue weighted by molar-refractivity contribution is 7.79. The second kappa shape index (κ2) is 5.96. The standard InChI is InChI=1S/C14H11NO.H2O4S/c16-14-8-4-2-6-11(14)13-9-10-5-1-3-7-12(10)15-13;1-5(2,3)4/h1-9,15-16H;(H2,1,2,3,4). The number of phenolic OH excluding ortho intramolecular Hbond substituents is 1. The van der Waals surface area contributed by atoms with Crippen molar-refractivity contribution in [3.8, 4) is 17.0 Å². The highest BCUT2D eigenvalue weighted by Crippen LogP contribution is 2.30. The molecule has 0 bridgehead atoms. The number of hydrogen-bond donors (Lipinski definition) is 4. The van der Waals surface area contributed by atoms with E-state index in [1.54, 1.807) is 6.07 Å². The van der Waals surface area contributed by atoms with Gasteiger partial charge in [0.15, 0.2) is 0 Å². The molecule has 2 aromatic carbocycles. The average molecular weight is 307 g/mol. The number of aromatic amines is 1. The second-order valence-electron chi connectivity index (χ2n) is 4.24. The van der Waals surface area contributed by atoms with Crippen LogP contribution in [-0.2, 0) is 10.4 Å². The van der Waals surface area contributed by atoms with Gasteiger partial charge in [-0.3, -0.25) is 9.11 Å². The van der Waals surface area contributed by atoms with Crippen LogP contribution in [0.3, 0.4) is 0 Å². The third-order valence-electron chi connectivity index (χ3n) is 2.72. The number of benzene rings is 2. The monoisotopic (exact) mass is 307 g/mol. The molecule has 0 aliphatic heterocycles. The molecule has 0 spiro atoms. The lowest BCUT2D eigenvalue weighted by Gasteiger charge is -2.00. The fraction of sp³-hybridized carbons (Fsp3) is 0. The average Bonchev–Trinajstić information content (AvgIpc) is 2.80. The molecule has 1 heterocycles. The van der Waals surface area contributed by atoms with Crippen LogP contribution in [0.25, 0.3) is 22.2 Å². The van der Waals surface area contributed by atoms with E-state index in [2.05, 4.69) is 11.1 Å². The van der Waals surface area contributed by atoms with E-state index in [0.29, 0.717) is 5.75 Å². The van der Waals surface area contributed by atoms with Crippen LogP contribution in [0.2, 0.25) is 0 Å². The van der Waals surface area contributed by atoms with E-state index in [0.717, 1.165) is 22.2 Å². The Bertz CT molecular complexity index is 813. The third kappa shape index (κ3) is 4.32. The molecule has 3 aromatic rings. The molecule has 0 atom stereocenters. The van der Waals surface area contributed by atoms with E-state index < -0.39 is 10.4 Å². The smallest absolute Gasteiger partial charge is 0.394 e. The van der Waals surface area contributed by atoms with Gasteiger partial charge in [-0.2, -0.15) is 8.42 Å². The summed E-state index contributed by atoms with van der Waals surface area (Å²) in [5.41, 5.74) is 2.86. The van der Waals surface area contributed by atoms with Crippen LogP contribution in [0.1, 0.15) is 0 Å². The van der Waals surface area contributed by atoms with Gasteiger partial charge in [-0.1, -0.05) is 30.3 Å². The Labute approximate surface area is 121 Å². The van der Waals surface area contributed by atoms with Crippen molar-refractivity contribution in [1.82, 2.24) is 4.98 Å². The number of aromatic hydroxyl groups is 1. The Kier molecular flexibility index (Phi) is 4.27. The number of hydrogen-bond acceptors (Lipinski definition) is 3. The highest BCUT2D eigenvalue weighted by Gasteiger charge is 2.05. The van der Waals surface area contributed by atoms with Gasteiger partial charge in [-0.05, 0) is 24.3 Å². The maximum absolute atomic E-state index is 9.77. The molecule has 0 saturated carbocycles. The number of nitrogens with one attached hydrogen (secondary N) is 1. The number of aromatic nitrogens is 1. The summed E-state index contributed by atoms with van der Waals surface area (Å²) in [6.07, 6.45) is 0. The molecule has 21 heavy (non-hydrogen) atoms. The molecule has 0 aliphatic rings. The van der Waals surface area contributed by atoms with Crippen molar-refractivity contribution in [2.45, 2.75) is 0 Å². The summed E-state index contributed by atoms with van der Waals surface area (Å²) in [5.74, 6) is 0.300. The SMILES string of the molecule is O=S(=O)(O)O.Oc1ccccc1-c1cc2ccccc2[nH]1. The van der Waals surface area contributed by atoms with E-state index in [1.807, 2.05) is 42.5 Å². The molecule has 7 heteroatoms. The van der Waals surface area contributed by atoms with Gasteiger partial charge in [0.2, 0.25) is 0 Å². The molecule has 0 radical (unpaired) electrons. The largest absolute Gasteiger partial charge is 0.507 e. The summed E-state index contributed by atoms with van der Waals surface area (Å²) < 4.78 is 31.6. The first kappa shape index (κ1) is 15.0. The van der Waals surface area contributed by atoms with Crippen molar-refractivity contribution in [2.24, 2.45) is 0 Å². The van der Waals surface area contributed by atoms with Crippen LogP contribution in [0.5, 0.6) is 5.75 Å². The van der Waals surface area contributed by atoms with Gasteiger partial charge in [-0.25, -0.2) is 0 Å². The highest BCUT2D eigenvalue weighted by atomic mass is 32.3. The van der Waals surface area contributed by atoms with Gasteiger partial charge in [-0.15, -0.1) is 0 Å². The molecule has 0 saturated heterocycles. The van der Waals surface area contributed by atoms with Crippen molar-refractivity contribution < 1.29 is 22.6 Å². The van der Waals surface area contributed by atoms with Crippen molar-refractivity contribution in [2.75, 3.05) is 0 Å². The molecule has 0 amide bonds. The van der Waals surface area contributed by atoms with Gasteiger partial charge < -0.3 is 10.1 Å². The first-order chi connectivity index (χ1) is 9.84. The third-order valence-corrected chi connectivity index (χ3v) is 2.72. The van der Waals surface area contributed by atoms with E-state index in [9.17, 15) is 5.11 Å². The summed E-state index contributed by atoms with van der Waals surface area (Å²) in [5, 5.41) is 10.9. The Morgan fingerprint density at radius 1 is 0.905 bits per heavy atom. The summed E-state index contributed by atoms with van der Waals surface area (Å²) in [7, 11) is -4.67. The molecule has 1 aromatic heterocycles. The number of phenols is 1. The predicted octanol–water partition coefficient (Wildman–Crippen LogP) is 2.89. The van der Waals surface area contributed by atoms with Crippen molar-refractivity contribution in [3.63, 3.8) is 0 Å². The quantitative estimate of drug-likeness (QED) is 0.517. The van der Waals surface area contributed by atoms with Gasteiger partial charge >= 0.3 is 10.4 Å².